The molecule has 0 aliphatic carbocycles. The van der Waals surface area contributed by atoms with Crippen molar-refractivity contribution in [2.24, 2.45) is 0 Å². The third-order valence-electron chi connectivity index (χ3n) is 7.85. The second-order valence-electron chi connectivity index (χ2n) is 12.2. The van der Waals surface area contributed by atoms with Crippen LogP contribution in [0.5, 0.6) is 57.5 Å². The number of phenols is 2. The van der Waals surface area contributed by atoms with Crippen molar-refractivity contribution in [2.75, 3.05) is 97.6 Å². The standard InChI is InChI=1S/2C22H26O9/c2*1-25-12-29-16-10-18(24)22(21(11-16)31-14-27-3)17(23)7-5-15-6-8-19(30-13-26-2)20(9-15)28-4/h2*5-11,24H,12-14H2,1-4H3/b2*7-5+. The Morgan fingerprint density at radius 3 is 1.06 bits per heavy atom. The molecular formula is C44H52O18. The van der Waals surface area contributed by atoms with Crippen LogP contribution in [-0.2, 0) is 28.4 Å². The van der Waals surface area contributed by atoms with E-state index in [0.717, 1.165) is 0 Å². The van der Waals surface area contributed by atoms with Crippen molar-refractivity contribution in [1.82, 2.24) is 0 Å². The van der Waals surface area contributed by atoms with E-state index in [2.05, 4.69) is 0 Å². The molecule has 0 saturated carbocycles. The van der Waals surface area contributed by atoms with E-state index in [9.17, 15) is 19.8 Å². The first-order valence-corrected chi connectivity index (χ1v) is 18.3. The van der Waals surface area contributed by atoms with Gasteiger partial charge in [0.1, 0.15) is 45.6 Å². The van der Waals surface area contributed by atoms with Crippen molar-refractivity contribution >= 4 is 23.7 Å². The Labute approximate surface area is 359 Å². The molecule has 62 heavy (non-hydrogen) atoms. The Morgan fingerprint density at radius 2 is 0.742 bits per heavy atom. The van der Waals surface area contributed by atoms with Crippen molar-refractivity contribution in [1.29, 1.82) is 0 Å². The predicted molar refractivity (Wildman–Crippen MR) is 224 cm³/mol. The largest absolute Gasteiger partial charge is 0.507 e. The third kappa shape index (κ3) is 15.5. The van der Waals surface area contributed by atoms with Crippen molar-refractivity contribution in [3.05, 3.63) is 95.1 Å². The highest BCUT2D eigenvalue weighted by Crippen LogP contribution is 2.36. The van der Waals surface area contributed by atoms with Gasteiger partial charge in [0.05, 0.1) is 14.2 Å². The number of hydrogen-bond donors (Lipinski definition) is 2. The maximum Gasteiger partial charge on any atom is 0.193 e. The zero-order valence-electron chi connectivity index (χ0n) is 35.8. The van der Waals surface area contributed by atoms with Crippen molar-refractivity contribution in [3.63, 3.8) is 0 Å². The van der Waals surface area contributed by atoms with E-state index in [-0.39, 0.29) is 86.4 Å². The molecular weight excluding hydrogens is 816 g/mol. The SMILES string of the molecule is COCOc1cc(O)c(C(=O)/C=C/c2ccc(OCOC)c(OC)c2)c(OCOC)c1.COCOc1cc(O)c(C(=O)/C=C/c2ccc(OCOC)c(OC)c2)c(OCOC)c1. The van der Waals surface area contributed by atoms with Gasteiger partial charge in [-0.15, -0.1) is 0 Å². The van der Waals surface area contributed by atoms with E-state index in [1.165, 1.54) is 93.3 Å². The molecule has 4 aromatic carbocycles. The van der Waals surface area contributed by atoms with Gasteiger partial charge in [0.25, 0.3) is 0 Å². The summed E-state index contributed by atoms with van der Waals surface area (Å²) < 4.78 is 72.2. The van der Waals surface area contributed by atoms with Crippen LogP contribution >= 0.6 is 0 Å². The lowest BCUT2D eigenvalue weighted by Gasteiger charge is -2.13. The van der Waals surface area contributed by atoms with Gasteiger partial charge < -0.3 is 76.5 Å². The number of ether oxygens (including phenoxy) is 14. The molecule has 0 amide bonds. The Balaban J connectivity index is 0.000000330. The minimum Gasteiger partial charge on any atom is -0.507 e. The monoisotopic (exact) mass is 868 g/mol. The van der Waals surface area contributed by atoms with Gasteiger partial charge in [0.2, 0.25) is 0 Å². The normalized spacial score (nSPS) is 10.8. The summed E-state index contributed by atoms with van der Waals surface area (Å²) in [5.74, 6) is 1.24. The summed E-state index contributed by atoms with van der Waals surface area (Å²) in [6, 6.07) is 15.9. The molecule has 0 aliphatic rings. The van der Waals surface area contributed by atoms with Gasteiger partial charge in [0, 0.05) is 66.9 Å². The highest BCUT2D eigenvalue weighted by Gasteiger charge is 2.20. The number of rotatable bonds is 26. The molecule has 0 unspecified atom stereocenters. The lowest BCUT2D eigenvalue weighted by Crippen LogP contribution is -2.07. The fraction of sp³-hybridized carbons (Fsp3) is 0.318. The molecule has 0 bridgehead atoms. The minimum atomic E-state index is -0.472. The van der Waals surface area contributed by atoms with Crippen LogP contribution in [0, 0.1) is 0 Å². The summed E-state index contributed by atoms with van der Waals surface area (Å²) in [5.41, 5.74) is 1.33. The first kappa shape index (κ1) is 49.8. The molecule has 336 valence electrons. The molecule has 0 spiro atoms. The predicted octanol–water partition coefficient (Wildman–Crippen LogP) is 6.49. The van der Waals surface area contributed by atoms with Crippen LogP contribution in [0.25, 0.3) is 12.2 Å². The summed E-state index contributed by atoms with van der Waals surface area (Å²) in [6.45, 7) is -0.117. The van der Waals surface area contributed by atoms with Gasteiger partial charge in [-0.3, -0.25) is 9.59 Å². The highest BCUT2D eigenvalue weighted by molar-refractivity contribution is 6.11. The number of phenolic OH excluding ortho intramolecular Hbond substituents is 2. The number of carbonyl (C=O) groups excluding carboxylic acids is 2. The van der Waals surface area contributed by atoms with E-state index in [4.69, 9.17) is 66.3 Å². The first-order valence-electron chi connectivity index (χ1n) is 18.3. The molecule has 18 nitrogen and oxygen atoms in total. The topological polar surface area (TPSA) is 204 Å². The number of allylic oxidation sites excluding steroid dienone is 2. The fourth-order valence-corrected chi connectivity index (χ4v) is 5.11. The van der Waals surface area contributed by atoms with Crippen molar-refractivity contribution < 1.29 is 86.1 Å². The zero-order chi connectivity index (χ0) is 45.3. The number of ketones is 2. The smallest absolute Gasteiger partial charge is 0.193 e. The van der Waals surface area contributed by atoms with Crippen LogP contribution < -0.4 is 37.9 Å². The molecule has 4 aromatic rings. The molecule has 0 aromatic heterocycles. The average molecular weight is 869 g/mol. The maximum absolute atomic E-state index is 12.8. The van der Waals surface area contributed by atoms with E-state index in [0.29, 0.717) is 34.1 Å². The number of methoxy groups -OCH3 is 8. The molecule has 0 heterocycles. The molecule has 4 rings (SSSR count). The van der Waals surface area contributed by atoms with Crippen LogP contribution in [0.3, 0.4) is 0 Å². The van der Waals surface area contributed by atoms with Crippen molar-refractivity contribution in [2.45, 2.75) is 0 Å². The van der Waals surface area contributed by atoms with Gasteiger partial charge in [-0.25, -0.2) is 0 Å². The molecule has 18 heteroatoms. The molecule has 0 atom stereocenters. The summed E-state index contributed by atoms with van der Waals surface area (Å²) in [6.07, 6.45) is 5.80. The zero-order valence-corrected chi connectivity index (χ0v) is 35.8. The lowest BCUT2D eigenvalue weighted by molar-refractivity contribution is 0.0448. The van der Waals surface area contributed by atoms with Gasteiger partial charge >= 0.3 is 0 Å². The van der Waals surface area contributed by atoms with Crippen LogP contribution in [0.15, 0.2) is 72.8 Å². The number of carbonyl (C=O) groups is 2. The van der Waals surface area contributed by atoms with E-state index >= 15 is 0 Å². The first-order chi connectivity index (χ1) is 30.1. The summed E-state index contributed by atoms with van der Waals surface area (Å²) in [5, 5.41) is 20.8. The van der Waals surface area contributed by atoms with Crippen LogP contribution in [-0.4, -0.2) is 119 Å². The van der Waals surface area contributed by atoms with Gasteiger partial charge in [0.15, 0.2) is 75.3 Å². The summed E-state index contributed by atoms with van der Waals surface area (Å²) >= 11 is 0. The minimum absolute atomic E-state index is 0.0231. The molecule has 0 radical (unpaired) electrons. The lowest BCUT2D eigenvalue weighted by atomic mass is 10.1. The fourth-order valence-electron chi connectivity index (χ4n) is 5.11. The van der Waals surface area contributed by atoms with E-state index in [1.807, 2.05) is 0 Å². The maximum atomic E-state index is 12.8. The van der Waals surface area contributed by atoms with Crippen LogP contribution in [0.2, 0.25) is 0 Å². The number of benzene rings is 4. The number of aromatic hydroxyl groups is 2. The van der Waals surface area contributed by atoms with Crippen LogP contribution in [0.4, 0.5) is 0 Å². The average Bonchev–Trinajstić information content (AvgIpc) is 3.28. The molecule has 0 aliphatic heterocycles. The second kappa shape index (κ2) is 27.3. The Morgan fingerprint density at radius 1 is 0.419 bits per heavy atom. The van der Waals surface area contributed by atoms with Crippen LogP contribution in [0.1, 0.15) is 31.8 Å². The molecule has 2 N–H and O–H groups in total. The Bertz CT molecular complexity index is 1930. The Hall–Kier alpha value is -6.54. The Kier molecular flexibility index (Phi) is 22.0. The van der Waals surface area contributed by atoms with E-state index in [1.54, 1.807) is 48.6 Å². The number of hydrogen-bond acceptors (Lipinski definition) is 18. The summed E-state index contributed by atoms with van der Waals surface area (Å²) in [4.78, 5) is 25.6. The summed E-state index contributed by atoms with van der Waals surface area (Å²) in [7, 11) is 11.9. The van der Waals surface area contributed by atoms with Crippen molar-refractivity contribution in [3.8, 4) is 57.5 Å². The molecule has 0 saturated heterocycles. The quantitative estimate of drug-likeness (QED) is 0.0393. The third-order valence-corrected chi connectivity index (χ3v) is 7.85. The van der Waals surface area contributed by atoms with Gasteiger partial charge in [-0.2, -0.15) is 0 Å². The highest BCUT2D eigenvalue weighted by atomic mass is 16.7. The van der Waals surface area contributed by atoms with Gasteiger partial charge in [-0.1, -0.05) is 24.3 Å². The van der Waals surface area contributed by atoms with Gasteiger partial charge in [-0.05, 0) is 47.5 Å². The molecule has 0 fully saturated rings. The van der Waals surface area contributed by atoms with E-state index < -0.39 is 11.6 Å². The second-order valence-corrected chi connectivity index (χ2v) is 12.2.